The Balaban J connectivity index is 1.02. The van der Waals surface area contributed by atoms with E-state index < -0.39 is 0 Å². The molecular formula is C78H78N4. The van der Waals surface area contributed by atoms with E-state index in [2.05, 4.69) is 357 Å². The maximum atomic E-state index is 2.40. The van der Waals surface area contributed by atoms with Gasteiger partial charge in [0.25, 0.3) is 0 Å². The Bertz CT molecular complexity index is 3630. The minimum Gasteiger partial charge on any atom is -0.311 e. The lowest BCUT2D eigenvalue weighted by Crippen LogP contribution is -2.15. The van der Waals surface area contributed by atoms with Crippen LogP contribution in [0.15, 0.2) is 255 Å². The second-order valence-electron chi connectivity index (χ2n) is 26.1. The first-order chi connectivity index (χ1) is 39.2. The molecule has 11 aromatic rings. The molecule has 0 saturated carbocycles. The normalized spacial score (nSPS) is 12.1. The summed E-state index contributed by atoms with van der Waals surface area (Å²) in [6.45, 7) is 27.3. The molecule has 0 aliphatic rings. The van der Waals surface area contributed by atoms with Crippen LogP contribution in [0.3, 0.4) is 0 Å². The fraction of sp³-hybridized carbons (Fsp3) is 0.205. The van der Waals surface area contributed by atoms with Crippen LogP contribution in [-0.4, -0.2) is 0 Å². The summed E-state index contributed by atoms with van der Waals surface area (Å²) in [7, 11) is 0. The number of nitrogens with zero attached hydrogens (tertiary/aromatic N) is 4. The molecule has 0 bridgehead atoms. The number of hydrogen-bond acceptors (Lipinski definition) is 4. The largest absolute Gasteiger partial charge is 0.311 e. The van der Waals surface area contributed by atoms with Gasteiger partial charge in [-0.2, -0.15) is 0 Å². The smallest absolute Gasteiger partial charge is 0.0468 e. The van der Waals surface area contributed by atoms with Crippen LogP contribution in [0, 0.1) is 0 Å². The van der Waals surface area contributed by atoms with Crippen molar-refractivity contribution in [3.63, 3.8) is 0 Å². The molecule has 0 aliphatic carbocycles. The number of fused-ring (bicyclic) bond motifs is 3. The Hall–Kier alpha value is -8.86. The molecule has 0 fully saturated rings. The first kappa shape index (κ1) is 55.1. The molecule has 0 radical (unpaired) electrons. The van der Waals surface area contributed by atoms with Crippen molar-refractivity contribution in [2.24, 2.45) is 0 Å². The molecule has 4 heteroatoms. The van der Waals surface area contributed by atoms with E-state index in [4.69, 9.17) is 0 Å². The number of rotatable bonds is 12. The van der Waals surface area contributed by atoms with E-state index in [1.54, 1.807) is 0 Å². The molecule has 0 spiro atoms. The van der Waals surface area contributed by atoms with Crippen LogP contribution in [0.2, 0.25) is 0 Å². The number of benzene rings is 11. The maximum absolute atomic E-state index is 2.40. The van der Waals surface area contributed by atoms with Gasteiger partial charge in [-0.05, 0) is 211 Å². The molecule has 0 saturated heterocycles. The van der Waals surface area contributed by atoms with Gasteiger partial charge in [-0.15, -0.1) is 0 Å². The third kappa shape index (κ3) is 11.5. The molecule has 0 heterocycles. The zero-order chi connectivity index (χ0) is 57.6. The minimum atomic E-state index is 0.0428. The average molecular weight is 1070 g/mol. The third-order valence-corrected chi connectivity index (χ3v) is 16.0. The summed E-state index contributed by atoms with van der Waals surface area (Å²) in [6, 6.07) is 94.2. The number of anilines is 12. The summed E-state index contributed by atoms with van der Waals surface area (Å²) in [5.74, 6) is 0. The number of para-hydroxylation sites is 2. The fourth-order valence-electron chi connectivity index (χ4n) is 11.2. The SMILES string of the molecule is CC(C)(C)c1ccc(N(c2ccc(N(c3ccc(N(c4ccc(C(C)(C)C)cc4)c4ccc(C(C)(C)C)cc4)cc3)c3ccc4c(ccc5cc(N(c6ccccc6)c6ccccc6)ccc54)c3)cc2)c2ccc(C(C)(C)C)cc2)cc1. The van der Waals surface area contributed by atoms with E-state index in [0.29, 0.717) is 0 Å². The lowest BCUT2D eigenvalue weighted by Gasteiger charge is -2.30. The molecular weight excluding hydrogens is 993 g/mol. The summed E-state index contributed by atoms with van der Waals surface area (Å²) in [5, 5.41) is 4.78. The Morgan fingerprint density at radius 2 is 0.366 bits per heavy atom. The maximum Gasteiger partial charge on any atom is 0.0468 e. The van der Waals surface area contributed by atoms with Crippen LogP contribution in [0.5, 0.6) is 0 Å². The van der Waals surface area contributed by atoms with E-state index in [1.807, 2.05) is 0 Å². The second-order valence-corrected chi connectivity index (χ2v) is 26.1. The van der Waals surface area contributed by atoms with Crippen molar-refractivity contribution in [2.75, 3.05) is 19.6 Å². The van der Waals surface area contributed by atoms with Crippen molar-refractivity contribution in [3.8, 4) is 0 Å². The highest BCUT2D eigenvalue weighted by Gasteiger charge is 2.23. The molecule has 0 atom stereocenters. The summed E-state index contributed by atoms with van der Waals surface area (Å²) < 4.78 is 0. The van der Waals surface area contributed by atoms with Crippen LogP contribution < -0.4 is 19.6 Å². The first-order valence-corrected chi connectivity index (χ1v) is 29.1. The lowest BCUT2D eigenvalue weighted by atomic mass is 9.86. The molecule has 0 N–H and O–H groups in total. The molecule has 0 aromatic heterocycles. The van der Waals surface area contributed by atoms with Crippen LogP contribution in [-0.2, 0) is 21.7 Å². The van der Waals surface area contributed by atoms with Gasteiger partial charge in [-0.3, -0.25) is 0 Å². The third-order valence-electron chi connectivity index (χ3n) is 16.0. The zero-order valence-electron chi connectivity index (χ0n) is 50.0. The van der Waals surface area contributed by atoms with Crippen molar-refractivity contribution in [1.82, 2.24) is 0 Å². The van der Waals surface area contributed by atoms with Gasteiger partial charge in [0, 0.05) is 68.2 Å². The summed E-state index contributed by atoms with van der Waals surface area (Å²) >= 11 is 0. The van der Waals surface area contributed by atoms with Crippen molar-refractivity contribution < 1.29 is 0 Å². The van der Waals surface area contributed by atoms with E-state index >= 15 is 0 Å². The number of hydrogen-bond donors (Lipinski definition) is 0. The van der Waals surface area contributed by atoms with E-state index in [0.717, 1.165) is 68.2 Å². The molecule has 0 aliphatic heterocycles. The van der Waals surface area contributed by atoms with Gasteiger partial charge in [0.05, 0.1) is 0 Å². The Kier molecular flexibility index (Phi) is 14.7. The Labute approximate surface area is 488 Å². The Morgan fingerprint density at radius 1 is 0.183 bits per heavy atom. The molecule has 0 unspecified atom stereocenters. The molecule has 11 rings (SSSR count). The van der Waals surface area contributed by atoms with Gasteiger partial charge < -0.3 is 19.6 Å². The lowest BCUT2D eigenvalue weighted by molar-refractivity contribution is 0.590. The van der Waals surface area contributed by atoms with E-state index in [9.17, 15) is 0 Å². The van der Waals surface area contributed by atoms with Gasteiger partial charge in [0.1, 0.15) is 0 Å². The topological polar surface area (TPSA) is 13.0 Å². The van der Waals surface area contributed by atoms with Gasteiger partial charge in [-0.25, -0.2) is 0 Å². The summed E-state index contributed by atoms with van der Waals surface area (Å²) in [6.07, 6.45) is 0. The van der Waals surface area contributed by atoms with Crippen LogP contribution >= 0.6 is 0 Å². The van der Waals surface area contributed by atoms with Gasteiger partial charge in [-0.1, -0.05) is 192 Å². The zero-order valence-corrected chi connectivity index (χ0v) is 50.0. The molecule has 11 aromatic carbocycles. The predicted molar refractivity (Wildman–Crippen MR) is 355 cm³/mol. The average Bonchev–Trinajstić information content (AvgIpc) is 3.61. The predicted octanol–water partition coefficient (Wildman–Crippen LogP) is 23.1. The van der Waals surface area contributed by atoms with E-state index in [-0.39, 0.29) is 21.7 Å². The first-order valence-electron chi connectivity index (χ1n) is 29.1. The van der Waals surface area contributed by atoms with Crippen molar-refractivity contribution in [1.29, 1.82) is 0 Å². The monoisotopic (exact) mass is 1070 g/mol. The van der Waals surface area contributed by atoms with Crippen molar-refractivity contribution >= 4 is 89.8 Å². The second kappa shape index (κ2) is 21.9. The highest BCUT2D eigenvalue weighted by atomic mass is 15.2. The Morgan fingerprint density at radius 3 is 0.585 bits per heavy atom. The standard InChI is InChI=1S/C78H78N4/c1-75(2,3)57-25-33-63(34-26-57)79(64-35-27-58(28-36-64)76(4,5)6)67-41-45-69(46-42-67)82(70-47-43-68(44-48-70)80(65-37-29-59(30-38-65)77(7,8)9)66-39-31-60(32-40-66)78(10,11)12)72-50-52-74-56(54-72)24-23-55-53-71(49-51-73(55)74)81(61-19-15-13-16-20-61)62-21-17-14-18-22-62/h13-54H,1-12H3. The van der Waals surface area contributed by atoms with E-state index in [1.165, 1.54) is 43.8 Å². The molecule has 82 heavy (non-hydrogen) atoms. The summed E-state index contributed by atoms with van der Waals surface area (Å²) in [4.78, 5) is 9.49. The van der Waals surface area contributed by atoms with Gasteiger partial charge in [0.15, 0.2) is 0 Å². The van der Waals surface area contributed by atoms with Crippen LogP contribution in [0.25, 0.3) is 21.5 Å². The molecule has 0 amide bonds. The van der Waals surface area contributed by atoms with Crippen LogP contribution in [0.1, 0.15) is 105 Å². The summed E-state index contributed by atoms with van der Waals surface area (Å²) in [5.41, 5.74) is 18.6. The highest BCUT2D eigenvalue weighted by molar-refractivity contribution is 6.10. The molecule has 410 valence electrons. The van der Waals surface area contributed by atoms with Crippen molar-refractivity contribution in [3.05, 3.63) is 277 Å². The quantitative estimate of drug-likeness (QED) is 0.113. The minimum absolute atomic E-state index is 0.0428. The molecule has 4 nitrogen and oxygen atoms in total. The van der Waals surface area contributed by atoms with Gasteiger partial charge in [0.2, 0.25) is 0 Å². The fourth-order valence-corrected chi connectivity index (χ4v) is 11.2. The highest BCUT2D eigenvalue weighted by Crippen LogP contribution is 2.45. The van der Waals surface area contributed by atoms with Gasteiger partial charge >= 0.3 is 0 Å². The van der Waals surface area contributed by atoms with Crippen LogP contribution in [0.4, 0.5) is 68.2 Å². The van der Waals surface area contributed by atoms with Crippen molar-refractivity contribution in [2.45, 2.75) is 105 Å².